The standard InChI is InChI=1S/C18H16F2N4/c19-12-4-5-14(15(20)9-12)18-22-16-6-8-24(11-17(16)23-18)10-13-3-1-2-7-21-13/h1-5,7,9H,6,8,10-11H2,(H,22,23). The van der Waals surface area contributed by atoms with Crippen LogP contribution in [0, 0.1) is 11.6 Å². The number of halogens is 2. The normalized spacial score (nSPS) is 14.6. The zero-order valence-corrected chi connectivity index (χ0v) is 13.0. The third-order valence-electron chi connectivity index (χ3n) is 4.21. The summed E-state index contributed by atoms with van der Waals surface area (Å²) in [6.07, 6.45) is 2.58. The number of H-pyrrole nitrogens is 1. The molecule has 3 heterocycles. The van der Waals surface area contributed by atoms with Crippen molar-refractivity contribution >= 4 is 0 Å². The molecule has 24 heavy (non-hydrogen) atoms. The summed E-state index contributed by atoms with van der Waals surface area (Å²) in [6.45, 7) is 2.35. The summed E-state index contributed by atoms with van der Waals surface area (Å²) in [5, 5.41) is 0. The van der Waals surface area contributed by atoms with Crippen LogP contribution in [-0.4, -0.2) is 26.4 Å². The van der Waals surface area contributed by atoms with Crippen molar-refractivity contribution in [2.75, 3.05) is 6.54 Å². The largest absolute Gasteiger partial charge is 0.340 e. The summed E-state index contributed by atoms with van der Waals surface area (Å²) < 4.78 is 27.0. The second-order valence-corrected chi connectivity index (χ2v) is 5.92. The fourth-order valence-electron chi connectivity index (χ4n) is 3.01. The molecule has 4 rings (SSSR count). The maximum Gasteiger partial charge on any atom is 0.140 e. The lowest BCUT2D eigenvalue weighted by atomic mass is 10.1. The Morgan fingerprint density at radius 1 is 1.17 bits per heavy atom. The summed E-state index contributed by atoms with van der Waals surface area (Å²) in [5.41, 5.74) is 3.24. The average Bonchev–Trinajstić information content (AvgIpc) is 2.98. The molecular formula is C18H16F2N4. The Kier molecular flexibility index (Phi) is 3.82. The van der Waals surface area contributed by atoms with E-state index in [1.807, 2.05) is 18.2 Å². The van der Waals surface area contributed by atoms with Crippen molar-refractivity contribution < 1.29 is 8.78 Å². The first kappa shape index (κ1) is 15.0. The van der Waals surface area contributed by atoms with Gasteiger partial charge >= 0.3 is 0 Å². The van der Waals surface area contributed by atoms with E-state index in [0.717, 1.165) is 42.7 Å². The van der Waals surface area contributed by atoms with Gasteiger partial charge in [0.1, 0.15) is 17.5 Å². The smallest absolute Gasteiger partial charge is 0.140 e. The van der Waals surface area contributed by atoms with Gasteiger partial charge in [0.25, 0.3) is 0 Å². The van der Waals surface area contributed by atoms with Crippen LogP contribution in [0.15, 0.2) is 42.6 Å². The highest BCUT2D eigenvalue weighted by Crippen LogP contribution is 2.25. The molecule has 0 radical (unpaired) electrons. The Bertz CT molecular complexity index is 861. The third kappa shape index (κ3) is 2.92. The van der Waals surface area contributed by atoms with Gasteiger partial charge in [0.2, 0.25) is 0 Å². The second-order valence-electron chi connectivity index (χ2n) is 5.92. The van der Waals surface area contributed by atoms with Crippen LogP contribution >= 0.6 is 0 Å². The number of aromatic nitrogens is 3. The van der Waals surface area contributed by atoms with Crippen LogP contribution in [0.2, 0.25) is 0 Å². The highest BCUT2D eigenvalue weighted by molar-refractivity contribution is 5.57. The molecule has 0 atom stereocenters. The number of nitrogens with zero attached hydrogens (tertiary/aromatic N) is 3. The minimum absolute atomic E-state index is 0.294. The monoisotopic (exact) mass is 326 g/mol. The maximum absolute atomic E-state index is 13.9. The van der Waals surface area contributed by atoms with Crippen LogP contribution in [0.1, 0.15) is 17.1 Å². The molecule has 0 saturated heterocycles. The highest BCUT2D eigenvalue weighted by atomic mass is 19.1. The lowest BCUT2D eigenvalue weighted by molar-refractivity contribution is 0.238. The summed E-state index contributed by atoms with van der Waals surface area (Å²) in [5.74, 6) is -0.738. The molecule has 1 aromatic carbocycles. The van der Waals surface area contributed by atoms with Crippen molar-refractivity contribution in [3.63, 3.8) is 0 Å². The van der Waals surface area contributed by atoms with E-state index in [0.29, 0.717) is 17.9 Å². The molecule has 0 aliphatic carbocycles. The van der Waals surface area contributed by atoms with Crippen molar-refractivity contribution in [2.24, 2.45) is 0 Å². The van der Waals surface area contributed by atoms with Crippen molar-refractivity contribution in [2.45, 2.75) is 19.5 Å². The van der Waals surface area contributed by atoms with Gasteiger partial charge in [-0.15, -0.1) is 0 Å². The molecule has 0 saturated carbocycles. The van der Waals surface area contributed by atoms with E-state index in [9.17, 15) is 8.78 Å². The molecule has 0 amide bonds. The number of nitrogens with one attached hydrogen (secondary N) is 1. The van der Waals surface area contributed by atoms with Crippen molar-refractivity contribution in [1.29, 1.82) is 0 Å². The summed E-state index contributed by atoms with van der Waals surface area (Å²) in [6, 6.07) is 9.42. The number of hydrogen-bond donors (Lipinski definition) is 1. The minimum atomic E-state index is -0.605. The topological polar surface area (TPSA) is 44.8 Å². The van der Waals surface area contributed by atoms with Crippen molar-refractivity contribution in [3.8, 4) is 11.4 Å². The van der Waals surface area contributed by atoms with Crippen LogP contribution in [0.25, 0.3) is 11.4 Å². The Morgan fingerprint density at radius 2 is 2.08 bits per heavy atom. The average molecular weight is 326 g/mol. The van der Waals surface area contributed by atoms with Gasteiger partial charge < -0.3 is 4.98 Å². The lowest BCUT2D eigenvalue weighted by Gasteiger charge is -2.25. The van der Waals surface area contributed by atoms with Crippen LogP contribution < -0.4 is 0 Å². The van der Waals surface area contributed by atoms with Gasteiger partial charge in [-0.2, -0.15) is 0 Å². The molecule has 0 fully saturated rings. The number of benzene rings is 1. The van der Waals surface area contributed by atoms with E-state index in [4.69, 9.17) is 0 Å². The Hall–Kier alpha value is -2.60. The summed E-state index contributed by atoms with van der Waals surface area (Å²) in [7, 11) is 0. The van der Waals surface area contributed by atoms with Gasteiger partial charge in [-0.25, -0.2) is 13.8 Å². The van der Waals surface area contributed by atoms with E-state index in [-0.39, 0.29) is 0 Å². The Labute approximate surface area is 138 Å². The SMILES string of the molecule is Fc1ccc(-c2nc3c([nH]2)CN(Cc2ccccn2)CC3)c(F)c1. The highest BCUT2D eigenvalue weighted by Gasteiger charge is 2.22. The first-order chi connectivity index (χ1) is 11.7. The van der Waals surface area contributed by atoms with Gasteiger partial charge in [-0.05, 0) is 24.3 Å². The Morgan fingerprint density at radius 3 is 2.88 bits per heavy atom. The second kappa shape index (κ2) is 6.13. The first-order valence-corrected chi connectivity index (χ1v) is 7.84. The molecule has 3 aromatic rings. The molecule has 122 valence electrons. The zero-order valence-electron chi connectivity index (χ0n) is 13.0. The predicted octanol–water partition coefficient (Wildman–Crippen LogP) is 3.31. The number of imidazole rings is 1. The third-order valence-corrected chi connectivity index (χ3v) is 4.21. The molecule has 6 heteroatoms. The molecular weight excluding hydrogens is 310 g/mol. The van der Waals surface area contributed by atoms with Gasteiger partial charge in [0.15, 0.2) is 0 Å². The van der Waals surface area contributed by atoms with Crippen LogP contribution in [0.4, 0.5) is 8.78 Å². The number of hydrogen-bond acceptors (Lipinski definition) is 3. The van der Waals surface area contributed by atoms with E-state index in [2.05, 4.69) is 19.9 Å². The molecule has 1 aliphatic rings. The predicted molar refractivity (Wildman–Crippen MR) is 86.0 cm³/mol. The molecule has 1 aliphatic heterocycles. The fraction of sp³-hybridized carbons (Fsp3) is 0.222. The summed E-state index contributed by atoms with van der Waals surface area (Å²) >= 11 is 0. The maximum atomic E-state index is 13.9. The van der Waals surface area contributed by atoms with Crippen LogP contribution in [-0.2, 0) is 19.5 Å². The molecule has 0 spiro atoms. The van der Waals surface area contributed by atoms with Gasteiger partial charge in [-0.3, -0.25) is 9.88 Å². The van der Waals surface area contributed by atoms with E-state index in [1.165, 1.54) is 12.1 Å². The minimum Gasteiger partial charge on any atom is -0.340 e. The van der Waals surface area contributed by atoms with E-state index >= 15 is 0 Å². The fourth-order valence-corrected chi connectivity index (χ4v) is 3.01. The van der Waals surface area contributed by atoms with Crippen LogP contribution in [0.3, 0.4) is 0 Å². The van der Waals surface area contributed by atoms with Crippen LogP contribution in [0.5, 0.6) is 0 Å². The van der Waals surface area contributed by atoms with Gasteiger partial charge in [0.05, 0.1) is 22.6 Å². The van der Waals surface area contributed by atoms with E-state index < -0.39 is 11.6 Å². The zero-order chi connectivity index (χ0) is 16.5. The molecule has 0 unspecified atom stereocenters. The first-order valence-electron chi connectivity index (χ1n) is 7.84. The Balaban J connectivity index is 1.56. The molecule has 0 bridgehead atoms. The number of aromatic amines is 1. The van der Waals surface area contributed by atoms with Crippen molar-refractivity contribution in [3.05, 3.63) is 71.3 Å². The number of fused-ring (bicyclic) bond motifs is 1. The van der Waals surface area contributed by atoms with Gasteiger partial charge in [-0.1, -0.05) is 6.07 Å². The van der Waals surface area contributed by atoms with Crippen molar-refractivity contribution in [1.82, 2.24) is 19.9 Å². The number of pyridine rings is 1. The number of rotatable bonds is 3. The quantitative estimate of drug-likeness (QED) is 0.803. The summed E-state index contributed by atoms with van der Waals surface area (Å²) in [4.78, 5) is 14.3. The molecule has 4 nitrogen and oxygen atoms in total. The lowest BCUT2D eigenvalue weighted by Crippen LogP contribution is -2.30. The van der Waals surface area contributed by atoms with Gasteiger partial charge in [0, 0.05) is 38.3 Å². The molecule has 1 N–H and O–H groups in total. The van der Waals surface area contributed by atoms with E-state index in [1.54, 1.807) is 6.20 Å². The molecule has 2 aromatic heterocycles.